The van der Waals surface area contributed by atoms with E-state index in [-0.39, 0.29) is 23.9 Å². The van der Waals surface area contributed by atoms with Crippen LogP contribution in [0.2, 0.25) is 0 Å². The molecule has 1 aliphatic heterocycles. The van der Waals surface area contributed by atoms with Crippen molar-refractivity contribution in [3.05, 3.63) is 42.5 Å². The number of hydrogen-bond donors (Lipinski definition) is 1. The topological polar surface area (TPSA) is 41.6 Å². The smallest absolute Gasteiger partial charge is 0.416 e. The molecule has 22 heavy (non-hydrogen) atoms. The summed E-state index contributed by atoms with van der Waals surface area (Å²) in [7, 11) is 0. The van der Waals surface area contributed by atoms with Gasteiger partial charge in [0.05, 0.1) is 18.2 Å². The van der Waals surface area contributed by atoms with Gasteiger partial charge < -0.3 is 15.0 Å². The van der Waals surface area contributed by atoms with Gasteiger partial charge in [0.1, 0.15) is 11.9 Å². The number of likely N-dealkylation sites (tertiary alicyclic amines) is 1. The van der Waals surface area contributed by atoms with Crippen molar-refractivity contribution in [2.24, 2.45) is 0 Å². The Kier molecular flexibility index (Phi) is 4.63. The van der Waals surface area contributed by atoms with E-state index >= 15 is 0 Å². The molecule has 1 heterocycles. The highest BCUT2D eigenvalue weighted by Gasteiger charge is 2.40. The van der Waals surface area contributed by atoms with Gasteiger partial charge >= 0.3 is 12.2 Å². The molecule has 2 atom stereocenters. The van der Waals surface area contributed by atoms with Crippen LogP contribution in [0.5, 0.6) is 5.75 Å². The molecule has 2 rings (SSSR count). The highest BCUT2D eigenvalue weighted by atomic mass is 19.4. The summed E-state index contributed by atoms with van der Waals surface area (Å²) in [6.45, 7) is 5.99. The summed E-state index contributed by atoms with van der Waals surface area (Å²) in [6.07, 6.45) is -3.15. The third-order valence-corrected chi connectivity index (χ3v) is 3.51. The van der Waals surface area contributed by atoms with Gasteiger partial charge in [-0.25, -0.2) is 4.79 Å². The average Bonchev–Trinajstić information content (AvgIpc) is 2.47. The second-order valence-corrected chi connectivity index (χ2v) is 5.05. The number of benzene rings is 1. The quantitative estimate of drug-likeness (QED) is 0.868. The van der Waals surface area contributed by atoms with Crippen molar-refractivity contribution >= 4 is 6.03 Å². The number of nitrogens with zero attached hydrogens (tertiary/aromatic N) is 1. The first kappa shape index (κ1) is 16.2. The molecule has 120 valence electrons. The maximum absolute atomic E-state index is 12.6. The minimum atomic E-state index is -4.40. The molecule has 7 heteroatoms. The summed E-state index contributed by atoms with van der Waals surface area (Å²) in [6, 6.07) is 4.29. The Morgan fingerprint density at radius 1 is 1.55 bits per heavy atom. The number of halogens is 3. The predicted molar refractivity (Wildman–Crippen MR) is 75.6 cm³/mol. The van der Waals surface area contributed by atoms with Gasteiger partial charge in [-0.1, -0.05) is 12.1 Å². The molecule has 0 bridgehead atoms. The van der Waals surface area contributed by atoms with E-state index in [1.54, 1.807) is 17.9 Å². The van der Waals surface area contributed by atoms with E-state index in [0.717, 1.165) is 12.1 Å². The number of rotatable bonds is 4. The minimum absolute atomic E-state index is 0.151. The Morgan fingerprint density at radius 2 is 2.27 bits per heavy atom. The lowest BCUT2D eigenvalue weighted by Gasteiger charge is -2.45. The van der Waals surface area contributed by atoms with Gasteiger partial charge in [0.25, 0.3) is 0 Å². The van der Waals surface area contributed by atoms with Crippen molar-refractivity contribution < 1.29 is 22.7 Å². The van der Waals surface area contributed by atoms with Gasteiger partial charge in [-0.05, 0) is 25.1 Å². The van der Waals surface area contributed by atoms with E-state index < -0.39 is 11.7 Å². The lowest BCUT2D eigenvalue weighted by Crippen LogP contribution is -2.65. The number of urea groups is 1. The fourth-order valence-corrected chi connectivity index (χ4v) is 2.16. The third kappa shape index (κ3) is 3.52. The fourth-order valence-electron chi connectivity index (χ4n) is 2.16. The van der Waals surface area contributed by atoms with Crippen LogP contribution in [-0.2, 0) is 6.18 Å². The number of amides is 2. The van der Waals surface area contributed by atoms with E-state index in [2.05, 4.69) is 11.9 Å². The number of ether oxygens (including phenoxy) is 1. The van der Waals surface area contributed by atoms with Gasteiger partial charge in [-0.2, -0.15) is 13.2 Å². The number of carbonyl (C=O) groups excluding carboxylic acids is 1. The van der Waals surface area contributed by atoms with Crippen LogP contribution in [0.25, 0.3) is 0 Å². The monoisotopic (exact) mass is 314 g/mol. The van der Waals surface area contributed by atoms with E-state index in [1.807, 2.05) is 0 Å². The molecule has 0 unspecified atom stereocenters. The van der Waals surface area contributed by atoms with Gasteiger partial charge in [0.15, 0.2) is 0 Å². The van der Waals surface area contributed by atoms with Gasteiger partial charge in [-0.3, -0.25) is 0 Å². The molecule has 0 aromatic heterocycles. The minimum Gasteiger partial charge on any atom is -0.486 e. The highest BCUT2D eigenvalue weighted by molar-refractivity contribution is 5.75. The largest absolute Gasteiger partial charge is 0.486 e. The summed E-state index contributed by atoms with van der Waals surface area (Å²) in [5.74, 6) is 0.151. The molecule has 1 fully saturated rings. The van der Waals surface area contributed by atoms with Crippen LogP contribution in [0, 0.1) is 0 Å². The Morgan fingerprint density at radius 3 is 2.86 bits per heavy atom. The zero-order chi connectivity index (χ0) is 16.3. The van der Waals surface area contributed by atoms with Crippen molar-refractivity contribution in [2.75, 3.05) is 13.1 Å². The van der Waals surface area contributed by atoms with Crippen molar-refractivity contribution in [1.29, 1.82) is 0 Å². The molecule has 1 N–H and O–H groups in total. The summed E-state index contributed by atoms with van der Waals surface area (Å²) >= 11 is 0. The van der Waals surface area contributed by atoms with Crippen LogP contribution in [0.15, 0.2) is 36.9 Å². The molecule has 2 amide bonds. The Hall–Kier alpha value is -2.18. The second kappa shape index (κ2) is 6.29. The fraction of sp³-hybridized carbons (Fsp3) is 0.400. The molecule has 1 saturated heterocycles. The molecule has 4 nitrogen and oxygen atoms in total. The van der Waals surface area contributed by atoms with Crippen LogP contribution < -0.4 is 10.1 Å². The van der Waals surface area contributed by atoms with Gasteiger partial charge in [-0.15, -0.1) is 6.58 Å². The maximum Gasteiger partial charge on any atom is 0.416 e. The second-order valence-electron chi connectivity index (χ2n) is 5.05. The first-order chi connectivity index (χ1) is 10.3. The van der Waals surface area contributed by atoms with E-state index in [0.29, 0.717) is 13.1 Å². The zero-order valence-electron chi connectivity index (χ0n) is 12.1. The molecule has 0 aliphatic carbocycles. The summed E-state index contributed by atoms with van der Waals surface area (Å²) in [4.78, 5) is 13.3. The molecular weight excluding hydrogens is 297 g/mol. The summed E-state index contributed by atoms with van der Waals surface area (Å²) in [5, 5.41) is 2.64. The van der Waals surface area contributed by atoms with Crippen molar-refractivity contribution in [3.63, 3.8) is 0 Å². The average molecular weight is 314 g/mol. The van der Waals surface area contributed by atoms with Crippen molar-refractivity contribution in [3.8, 4) is 5.75 Å². The molecular formula is C15H17F3N2O2. The van der Waals surface area contributed by atoms with Gasteiger partial charge in [0.2, 0.25) is 0 Å². The van der Waals surface area contributed by atoms with Crippen LogP contribution >= 0.6 is 0 Å². The van der Waals surface area contributed by atoms with Crippen molar-refractivity contribution in [1.82, 2.24) is 10.2 Å². The number of alkyl halides is 3. The lowest BCUT2D eigenvalue weighted by molar-refractivity contribution is -0.137. The Labute approximate surface area is 126 Å². The van der Waals surface area contributed by atoms with Crippen LogP contribution in [0.3, 0.4) is 0 Å². The molecule has 1 aromatic carbocycles. The zero-order valence-corrected chi connectivity index (χ0v) is 12.1. The maximum atomic E-state index is 12.6. The number of hydrogen-bond acceptors (Lipinski definition) is 2. The third-order valence-electron chi connectivity index (χ3n) is 3.51. The molecule has 1 aromatic rings. The SMILES string of the molecule is C=CCNC(=O)N1C[C@@H](Oc2cccc(C(F)(F)F)c2)[C@H]1C. The first-order valence-electron chi connectivity index (χ1n) is 6.82. The Bertz CT molecular complexity index is 560. The van der Waals surface area contributed by atoms with E-state index in [9.17, 15) is 18.0 Å². The standard InChI is InChI=1S/C15H17F3N2O2/c1-3-7-19-14(21)20-9-13(10(20)2)22-12-6-4-5-11(8-12)15(16,17)18/h3-6,8,10,13H,1,7,9H2,2H3,(H,19,21)/t10-,13-/m1/s1. The van der Waals surface area contributed by atoms with E-state index in [4.69, 9.17) is 4.74 Å². The normalized spacial score (nSPS) is 21.0. The summed E-state index contributed by atoms with van der Waals surface area (Å²) in [5.41, 5.74) is -0.752. The first-order valence-corrected chi connectivity index (χ1v) is 6.82. The molecule has 0 saturated carbocycles. The van der Waals surface area contributed by atoms with Gasteiger partial charge in [0, 0.05) is 6.54 Å². The number of nitrogens with one attached hydrogen (secondary N) is 1. The number of carbonyl (C=O) groups is 1. The van der Waals surface area contributed by atoms with Crippen LogP contribution in [0.4, 0.5) is 18.0 Å². The highest BCUT2D eigenvalue weighted by Crippen LogP contribution is 2.32. The lowest BCUT2D eigenvalue weighted by atomic mass is 10.0. The molecule has 1 aliphatic rings. The molecule has 0 radical (unpaired) electrons. The Balaban J connectivity index is 1.94. The molecule has 0 spiro atoms. The summed E-state index contributed by atoms with van der Waals surface area (Å²) < 4.78 is 43.5. The van der Waals surface area contributed by atoms with Crippen LogP contribution in [-0.4, -0.2) is 36.2 Å². The van der Waals surface area contributed by atoms with Crippen LogP contribution in [0.1, 0.15) is 12.5 Å². The van der Waals surface area contributed by atoms with Crippen molar-refractivity contribution in [2.45, 2.75) is 25.2 Å². The van der Waals surface area contributed by atoms with E-state index in [1.165, 1.54) is 12.1 Å². The predicted octanol–water partition coefficient (Wildman–Crippen LogP) is 3.05.